The molecule has 0 fully saturated rings. The Morgan fingerprint density at radius 2 is 2.00 bits per heavy atom. The summed E-state index contributed by atoms with van der Waals surface area (Å²) in [6.07, 6.45) is 3.26. The van der Waals surface area contributed by atoms with Crippen LogP contribution in [-0.2, 0) is 9.53 Å². The molecule has 88 valence electrons. The van der Waals surface area contributed by atoms with E-state index < -0.39 is 0 Å². The first-order valence-electron chi connectivity index (χ1n) is 5.81. The van der Waals surface area contributed by atoms with Gasteiger partial charge in [-0.2, -0.15) is 0 Å². The molecule has 0 bridgehead atoms. The number of ether oxygens (including phenoxy) is 1. The van der Waals surface area contributed by atoms with E-state index in [9.17, 15) is 4.79 Å². The highest BCUT2D eigenvalue weighted by molar-refractivity contribution is 6.09. The predicted octanol–water partition coefficient (Wildman–Crippen LogP) is 3.42. The van der Waals surface area contributed by atoms with E-state index in [1.54, 1.807) is 0 Å². The third-order valence-electron chi connectivity index (χ3n) is 3.15. The second-order valence-electron chi connectivity index (χ2n) is 4.23. The van der Waals surface area contributed by atoms with Gasteiger partial charge in [-0.05, 0) is 33.5 Å². The average Bonchev–Trinajstić information content (AvgIpc) is 2.77. The minimum atomic E-state index is -0.390. The highest BCUT2D eigenvalue weighted by atomic mass is 16.5. The van der Waals surface area contributed by atoms with Crippen LogP contribution in [0.4, 0.5) is 0 Å². The minimum absolute atomic E-state index is 0.290. The Balaban J connectivity index is 2.00. The highest BCUT2D eigenvalue weighted by Crippen LogP contribution is 2.36. The Morgan fingerprint density at radius 1 is 1.22 bits per heavy atom. The maximum absolute atomic E-state index is 11.1. The van der Waals surface area contributed by atoms with Crippen LogP contribution < -0.4 is 0 Å². The molecule has 0 saturated heterocycles. The summed E-state index contributed by atoms with van der Waals surface area (Å²) in [5.41, 5.74) is 3.38. The second kappa shape index (κ2) is 4.15. The van der Waals surface area contributed by atoms with E-state index in [4.69, 9.17) is 4.74 Å². The Bertz CT molecular complexity index is 675. The van der Waals surface area contributed by atoms with Crippen molar-refractivity contribution in [3.63, 3.8) is 0 Å². The van der Waals surface area contributed by atoms with Gasteiger partial charge >= 0.3 is 5.97 Å². The van der Waals surface area contributed by atoms with Gasteiger partial charge in [-0.3, -0.25) is 0 Å². The highest BCUT2D eigenvalue weighted by Gasteiger charge is 2.16. The summed E-state index contributed by atoms with van der Waals surface area (Å²) >= 11 is 0. The minimum Gasteiger partial charge on any atom is -0.458 e. The van der Waals surface area contributed by atoms with Crippen molar-refractivity contribution < 1.29 is 9.53 Å². The fraction of sp³-hybridized carbons (Fsp3) is 0.0625. The molecule has 0 radical (unpaired) electrons. The molecular formula is C16H12O2. The van der Waals surface area contributed by atoms with Crippen LogP contribution in [0, 0.1) is 0 Å². The predicted molar refractivity (Wildman–Crippen MR) is 73.0 cm³/mol. The van der Waals surface area contributed by atoms with Crippen molar-refractivity contribution in [3.05, 3.63) is 60.2 Å². The molecular weight excluding hydrogens is 224 g/mol. The van der Waals surface area contributed by atoms with Crippen molar-refractivity contribution in [2.45, 2.75) is 0 Å². The molecule has 2 aromatic rings. The zero-order valence-electron chi connectivity index (χ0n) is 9.85. The van der Waals surface area contributed by atoms with Gasteiger partial charge in [0, 0.05) is 6.08 Å². The molecule has 18 heavy (non-hydrogen) atoms. The van der Waals surface area contributed by atoms with Crippen LogP contribution in [-0.4, -0.2) is 12.6 Å². The first kappa shape index (κ1) is 10.8. The lowest BCUT2D eigenvalue weighted by atomic mass is 10.0. The molecule has 0 unspecified atom stereocenters. The summed E-state index contributed by atoms with van der Waals surface area (Å²) in [7, 11) is 0. The summed E-state index contributed by atoms with van der Waals surface area (Å²) in [6.45, 7) is 3.68. The molecule has 0 heterocycles. The standard InChI is InChI=1S/C16H12O2/c1-2-15(17)18-10-13-9-12-7-3-5-11-6-4-8-14(13)16(11)12/h2-9H,1,10H2. The van der Waals surface area contributed by atoms with E-state index in [0.29, 0.717) is 6.61 Å². The monoisotopic (exact) mass is 236 g/mol. The third kappa shape index (κ3) is 1.63. The number of carbonyl (C=O) groups is 1. The van der Waals surface area contributed by atoms with Crippen LogP contribution in [0.5, 0.6) is 0 Å². The average molecular weight is 236 g/mol. The molecule has 0 aliphatic heterocycles. The maximum atomic E-state index is 11.1. The zero-order valence-corrected chi connectivity index (χ0v) is 9.85. The molecule has 0 amide bonds. The largest absolute Gasteiger partial charge is 0.458 e. The Morgan fingerprint density at radius 3 is 2.78 bits per heavy atom. The van der Waals surface area contributed by atoms with Crippen molar-refractivity contribution in [2.75, 3.05) is 6.61 Å². The number of esters is 1. The van der Waals surface area contributed by atoms with E-state index in [2.05, 4.69) is 36.9 Å². The lowest BCUT2D eigenvalue weighted by Crippen LogP contribution is -2.02. The lowest BCUT2D eigenvalue weighted by Gasteiger charge is -2.06. The van der Waals surface area contributed by atoms with E-state index in [1.807, 2.05) is 12.1 Å². The third-order valence-corrected chi connectivity index (χ3v) is 3.15. The summed E-state index contributed by atoms with van der Waals surface area (Å²) in [5, 5.41) is 2.45. The number of rotatable bonds is 3. The molecule has 0 aromatic heterocycles. The number of carbonyl (C=O) groups excluding carboxylic acids is 1. The van der Waals surface area contributed by atoms with Gasteiger partial charge in [-0.1, -0.05) is 43.0 Å². The van der Waals surface area contributed by atoms with Crippen molar-refractivity contribution in [1.82, 2.24) is 0 Å². The van der Waals surface area contributed by atoms with Crippen LogP contribution in [0.15, 0.2) is 49.1 Å². The number of hydrogen-bond donors (Lipinski definition) is 0. The zero-order chi connectivity index (χ0) is 12.5. The van der Waals surface area contributed by atoms with E-state index in [-0.39, 0.29) is 5.97 Å². The topological polar surface area (TPSA) is 26.3 Å². The molecule has 2 heteroatoms. The summed E-state index contributed by atoms with van der Waals surface area (Å²) < 4.78 is 5.11. The fourth-order valence-electron chi connectivity index (χ4n) is 2.35. The number of hydrogen-bond acceptors (Lipinski definition) is 2. The maximum Gasteiger partial charge on any atom is 0.330 e. The normalized spacial score (nSPS) is 12.3. The molecule has 0 atom stereocenters. The van der Waals surface area contributed by atoms with Crippen molar-refractivity contribution in [1.29, 1.82) is 0 Å². The molecule has 2 aromatic carbocycles. The molecule has 0 spiro atoms. The van der Waals surface area contributed by atoms with Gasteiger partial charge in [-0.25, -0.2) is 4.79 Å². The van der Waals surface area contributed by atoms with Crippen LogP contribution in [0.2, 0.25) is 0 Å². The summed E-state index contributed by atoms with van der Waals surface area (Å²) in [4.78, 5) is 11.1. The van der Waals surface area contributed by atoms with Gasteiger partial charge in [0.25, 0.3) is 0 Å². The van der Waals surface area contributed by atoms with Gasteiger partial charge in [0.1, 0.15) is 6.61 Å². The Kier molecular flexibility index (Phi) is 2.49. The Labute approximate surface area is 105 Å². The Hall–Kier alpha value is -2.35. The SMILES string of the molecule is C=CC(=O)OCC1=Cc2cccc3cccc1c23. The van der Waals surface area contributed by atoms with Crippen molar-refractivity contribution >= 4 is 28.4 Å². The molecule has 0 saturated carbocycles. The number of benzene rings is 2. The first-order chi connectivity index (χ1) is 8.79. The smallest absolute Gasteiger partial charge is 0.330 e. The molecule has 3 rings (SSSR count). The van der Waals surface area contributed by atoms with E-state index >= 15 is 0 Å². The van der Waals surface area contributed by atoms with Gasteiger partial charge in [0.05, 0.1) is 0 Å². The second-order valence-corrected chi connectivity index (χ2v) is 4.23. The first-order valence-corrected chi connectivity index (χ1v) is 5.81. The summed E-state index contributed by atoms with van der Waals surface area (Å²) in [5.74, 6) is -0.390. The van der Waals surface area contributed by atoms with Crippen LogP contribution >= 0.6 is 0 Å². The van der Waals surface area contributed by atoms with Crippen molar-refractivity contribution in [2.24, 2.45) is 0 Å². The van der Waals surface area contributed by atoms with Gasteiger partial charge in [0.15, 0.2) is 0 Å². The quantitative estimate of drug-likeness (QED) is 0.603. The van der Waals surface area contributed by atoms with Gasteiger partial charge < -0.3 is 4.74 Å². The molecule has 1 aliphatic carbocycles. The van der Waals surface area contributed by atoms with Crippen LogP contribution in [0.3, 0.4) is 0 Å². The molecule has 1 aliphatic rings. The van der Waals surface area contributed by atoms with Crippen LogP contribution in [0.1, 0.15) is 11.1 Å². The lowest BCUT2D eigenvalue weighted by molar-refractivity contribution is -0.136. The van der Waals surface area contributed by atoms with E-state index in [0.717, 1.165) is 11.1 Å². The molecule has 0 N–H and O–H groups in total. The summed E-state index contributed by atoms with van der Waals surface area (Å²) in [6, 6.07) is 12.4. The fourth-order valence-corrected chi connectivity index (χ4v) is 2.35. The van der Waals surface area contributed by atoms with Gasteiger partial charge in [0.2, 0.25) is 0 Å². The van der Waals surface area contributed by atoms with Gasteiger partial charge in [-0.15, -0.1) is 0 Å². The van der Waals surface area contributed by atoms with Crippen LogP contribution in [0.25, 0.3) is 22.4 Å². The molecule has 2 nitrogen and oxygen atoms in total. The van der Waals surface area contributed by atoms with Crippen molar-refractivity contribution in [3.8, 4) is 0 Å². The van der Waals surface area contributed by atoms with E-state index in [1.165, 1.54) is 22.4 Å².